The summed E-state index contributed by atoms with van der Waals surface area (Å²) >= 11 is 2.38. The number of likely N-dealkylation sites (N-methyl/N-ethyl adjacent to an activating group) is 1. The highest BCUT2D eigenvalue weighted by atomic mass is 127. The lowest BCUT2D eigenvalue weighted by Gasteiger charge is -2.24. The Morgan fingerprint density at radius 1 is 0.889 bits per heavy atom. The molecule has 0 spiro atoms. The Hall–Kier alpha value is -0.0600. The molecular weight excluding hydrogens is 592 g/mol. The summed E-state index contributed by atoms with van der Waals surface area (Å²) in [6.07, 6.45) is 13.5. The Balaban J connectivity index is 1.92. The monoisotopic (exact) mass is 642 g/mol. The van der Waals surface area contributed by atoms with Crippen LogP contribution in [0.4, 0.5) is 0 Å². The first-order valence-electron chi connectivity index (χ1n) is 13.4. The molecule has 0 aromatic heterocycles. The fraction of sp³-hybridized carbons (Fsp3) is 0.778. The van der Waals surface area contributed by atoms with Gasteiger partial charge in [0.2, 0.25) is 0 Å². The minimum absolute atomic E-state index is 0.0414. The zero-order chi connectivity index (χ0) is 26.7. The molecule has 0 aliphatic heterocycles. The molecule has 0 saturated heterocycles. The largest absolute Gasteiger partial charge is 0.472 e. The van der Waals surface area contributed by atoms with E-state index >= 15 is 0 Å². The normalized spacial score (nSPS) is 14.6. The van der Waals surface area contributed by atoms with Crippen LogP contribution < -0.4 is 0 Å². The van der Waals surface area contributed by atoms with Crippen LogP contribution in [0, 0.1) is 3.57 Å². The number of hydrogen-bond donors (Lipinski definition) is 1. The molecule has 0 amide bonds. The number of quaternary nitrogens is 1. The van der Waals surface area contributed by atoms with Crippen molar-refractivity contribution in [2.75, 3.05) is 61.2 Å². The van der Waals surface area contributed by atoms with E-state index in [0.29, 0.717) is 24.2 Å². The molecule has 1 aromatic carbocycles. The number of rotatable bonds is 23. The van der Waals surface area contributed by atoms with E-state index in [9.17, 15) is 9.46 Å². The first-order valence-corrected chi connectivity index (χ1v) is 16.0. The van der Waals surface area contributed by atoms with Crippen molar-refractivity contribution in [2.45, 2.75) is 76.7 Å². The van der Waals surface area contributed by atoms with E-state index in [-0.39, 0.29) is 13.2 Å². The summed E-state index contributed by atoms with van der Waals surface area (Å²) in [4.78, 5) is 9.80. The SMILES string of the molecule is COC(COCCCCCCCCCCCCc1cccc(I)c1)COP(=O)(O)OCC[N+](C)(C)C. The third-order valence-electron chi connectivity index (χ3n) is 5.97. The molecule has 0 saturated carbocycles. The lowest BCUT2D eigenvalue weighted by Crippen LogP contribution is -2.37. The summed E-state index contributed by atoms with van der Waals surface area (Å²) in [6.45, 7) is 1.72. The minimum Gasteiger partial charge on any atom is -0.379 e. The first kappa shape index (κ1) is 34.0. The molecule has 1 aromatic rings. The van der Waals surface area contributed by atoms with Crippen LogP contribution in [0.25, 0.3) is 0 Å². The topological polar surface area (TPSA) is 74.2 Å². The van der Waals surface area contributed by atoms with Crippen molar-refractivity contribution in [1.82, 2.24) is 0 Å². The number of methoxy groups -OCH3 is 1. The third-order valence-corrected chi connectivity index (χ3v) is 7.63. The lowest BCUT2D eigenvalue weighted by molar-refractivity contribution is -0.870. The third kappa shape index (κ3) is 20.0. The van der Waals surface area contributed by atoms with Gasteiger partial charge in [-0.15, -0.1) is 0 Å². The van der Waals surface area contributed by atoms with Gasteiger partial charge in [0, 0.05) is 17.3 Å². The number of unbranched alkanes of at least 4 members (excludes halogenated alkanes) is 9. The Kier molecular flexibility index (Phi) is 18.8. The maximum atomic E-state index is 12.0. The van der Waals surface area contributed by atoms with Gasteiger partial charge in [-0.25, -0.2) is 4.57 Å². The predicted molar refractivity (Wildman–Crippen MR) is 155 cm³/mol. The standard InChI is InChI=1S/C27H49INO6P/c1-29(2,3)19-21-34-36(30,31)35-24-27(32-4)23-33-20-14-12-10-8-6-5-7-9-11-13-16-25-17-15-18-26(28)22-25/h15,17-18,22,27H,5-14,16,19-21,23-24H2,1-4H3/p+1. The first-order chi connectivity index (χ1) is 17.1. The van der Waals surface area contributed by atoms with Crippen LogP contribution in [-0.2, 0) is 29.5 Å². The summed E-state index contributed by atoms with van der Waals surface area (Å²) in [7, 11) is 3.43. The maximum absolute atomic E-state index is 12.0. The summed E-state index contributed by atoms with van der Waals surface area (Å²) in [5.41, 5.74) is 1.46. The summed E-state index contributed by atoms with van der Waals surface area (Å²) in [5.74, 6) is 0. The van der Waals surface area contributed by atoms with Crippen molar-refractivity contribution in [1.29, 1.82) is 0 Å². The van der Waals surface area contributed by atoms with E-state index in [0.717, 1.165) is 12.8 Å². The zero-order valence-electron chi connectivity index (χ0n) is 23.0. The molecule has 0 radical (unpaired) electrons. The molecule has 2 unspecified atom stereocenters. The van der Waals surface area contributed by atoms with Gasteiger partial charge in [-0.3, -0.25) is 9.05 Å². The number of hydrogen-bond acceptors (Lipinski definition) is 5. The van der Waals surface area contributed by atoms with Gasteiger partial charge >= 0.3 is 7.82 Å². The van der Waals surface area contributed by atoms with E-state index in [4.69, 9.17) is 18.5 Å². The van der Waals surface area contributed by atoms with E-state index in [1.165, 1.54) is 66.9 Å². The van der Waals surface area contributed by atoms with E-state index in [2.05, 4.69) is 46.9 Å². The van der Waals surface area contributed by atoms with Crippen molar-refractivity contribution in [3.63, 3.8) is 0 Å². The highest BCUT2D eigenvalue weighted by Crippen LogP contribution is 2.43. The summed E-state index contributed by atoms with van der Waals surface area (Å²) < 4.78 is 35.0. The van der Waals surface area contributed by atoms with Crippen LogP contribution in [0.15, 0.2) is 24.3 Å². The van der Waals surface area contributed by atoms with Crippen molar-refractivity contribution in [3.05, 3.63) is 33.4 Å². The van der Waals surface area contributed by atoms with Crippen LogP contribution in [0.5, 0.6) is 0 Å². The van der Waals surface area contributed by atoms with Gasteiger partial charge in [0.05, 0.1) is 34.4 Å². The quantitative estimate of drug-likeness (QED) is 0.0628. The fourth-order valence-electron chi connectivity index (χ4n) is 3.68. The van der Waals surface area contributed by atoms with Gasteiger partial charge in [-0.1, -0.05) is 63.5 Å². The van der Waals surface area contributed by atoms with Crippen molar-refractivity contribution < 1.29 is 32.5 Å². The smallest absolute Gasteiger partial charge is 0.379 e. The average Bonchev–Trinajstić information content (AvgIpc) is 2.80. The van der Waals surface area contributed by atoms with Crippen molar-refractivity contribution in [3.8, 4) is 0 Å². The molecule has 2 atom stereocenters. The number of halogens is 1. The fourth-order valence-corrected chi connectivity index (χ4v) is 5.03. The molecule has 0 heterocycles. The van der Waals surface area contributed by atoms with Crippen molar-refractivity contribution in [2.24, 2.45) is 0 Å². The number of phosphoric acid groups is 1. The van der Waals surface area contributed by atoms with Crippen LogP contribution in [0.3, 0.4) is 0 Å². The molecule has 36 heavy (non-hydrogen) atoms. The van der Waals surface area contributed by atoms with Crippen LogP contribution in [0.1, 0.15) is 69.8 Å². The Labute approximate surface area is 233 Å². The number of phosphoric ester groups is 1. The molecule has 0 bridgehead atoms. The molecule has 9 heteroatoms. The van der Waals surface area contributed by atoms with E-state index in [1.807, 2.05) is 21.1 Å². The van der Waals surface area contributed by atoms with Gasteiger partial charge in [0.25, 0.3) is 0 Å². The number of aryl methyl sites for hydroxylation is 1. The van der Waals surface area contributed by atoms with Gasteiger partial charge < -0.3 is 18.9 Å². The van der Waals surface area contributed by atoms with Crippen molar-refractivity contribution >= 4 is 30.4 Å². The maximum Gasteiger partial charge on any atom is 0.472 e. The van der Waals surface area contributed by atoms with E-state index < -0.39 is 13.9 Å². The molecule has 1 N–H and O–H groups in total. The molecule has 0 fully saturated rings. The minimum atomic E-state index is -4.08. The van der Waals surface area contributed by atoms with E-state index in [1.54, 1.807) is 7.11 Å². The molecule has 210 valence electrons. The highest BCUT2D eigenvalue weighted by molar-refractivity contribution is 14.1. The Bertz CT molecular complexity index is 730. The predicted octanol–water partition coefficient (Wildman–Crippen LogP) is 6.61. The highest BCUT2D eigenvalue weighted by Gasteiger charge is 2.24. The molecule has 7 nitrogen and oxygen atoms in total. The molecule has 1 rings (SSSR count). The van der Waals surface area contributed by atoms with Gasteiger partial charge in [-0.2, -0.15) is 0 Å². The van der Waals surface area contributed by atoms with Gasteiger partial charge in [-0.05, 0) is 59.5 Å². The lowest BCUT2D eigenvalue weighted by atomic mass is 10.0. The average molecular weight is 643 g/mol. The number of benzene rings is 1. The summed E-state index contributed by atoms with van der Waals surface area (Å²) in [5, 5.41) is 0. The number of ether oxygens (including phenoxy) is 2. The van der Waals surface area contributed by atoms with Gasteiger partial charge in [0.15, 0.2) is 0 Å². The number of nitrogens with zero attached hydrogens (tertiary/aromatic N) is 1. The second kappa shape index (κ2) is 19.9. The molecular formula is C27H50INO6P+. The zero-order valence-corrected chi connectivity index (χ0v) is 26.0. The second-order valence-electron chi connectivity index (χ2n) is 10.5. The van der Waals surface area contributed by atoms with Crippen LogP contribution >= 0.6 is 30.4 Å². The summed E-state index contributed by atoms with van der Waals surface area (Å²) in [6, 6.07) is 8.82. The molecule has 0 aliphatic rings. The van der Waals surface area contributed by atoms with Gasteiger partial charge in [0.1, 0.15) is 19.3 Å². The Morgan fingerprint density at radius 2 is 1.50 bits per heavy atom. The Morgan fingerprint density at radius 3 is 2.08 bits per heavy atom. The second-order valence-corrected chi connectivity index (χ2v) is 13.2. The van der Waals surface area contributed by atoms with Crippen LogP contribution in [0.2, 0.25) is 0 Å². The van der Waals surface area contributed by atoms with Crippen LogP contribution in [-0.4, -0.2) is 76.7 Å². The molecule has 0 aliphatic carbocycles.